The van der Waals surface area contributed by atoms with Gasteiger partial charge in [-0.15, -0.1) is 11.6 Å². The summed E-state index contributed by atoms with van der Waals surface area (Å²) in [6.45, 7) is 1.74. The minimum atomic E-state index is -0.894. The molecular weight excluding hydrogens is 500 g/mol. The lowest BCUT2D eigenvalue weighted by molar-refractivity contribution is -0.121. The van der Waals surface area contributed by atoms with Gasteiger partial charge in [-0.1, -0.05) is 154 Å². The summed E-state index contributed by atoms with van der Waals surface area (Å²) in [6, 6.07) is 0. The third kappa shape index (κ3) is 11.1. The number of aldehydes is 1. The van der Waals surface area contributed by atoms with Gasteiger partial charge in [0.2, 0.25) is 0 Å². The molecule has 0 amide bonds. The highest BCUT2D eigenvalue weighted by Gasteiger charge is 2.51. The lowest BCUT2D eigenvalue weighted by atomic mass is 9.62. The maximum atomic E-state index is 13.3. The van der Waals surface area contributed by atoms with Crippen molar-refractivity contribution in [3.63, 3.8) is 0 Å². The summed E-state index contributed by atoms with van der Waals surface area (Å²) in [6.07, 6.45) is 35.4. The van der Waals surface area contributed by atoms with Gasteiger partial charge in [-0.2, -0.15) is 0 Å². The number of ketones is 1. The number of alkyl halides is 1. The smallest absolute Gasteiger partial charge is 0.141 e. The third-order valence-electron chi connectivity index (χ3n) is 11.1. The Morgan fingerprint density at radius 3 is 1.38 bits per heavy atom. The van der Waals surface area contributed by atoms with Crippen LogP contribution in [0.4, 0.5) is 0 Å². The lowest BCUT2D eigenvalue weighted by Gasteiger charge is -2.46. The van der Waals surface area contributed by atoms with Crippen LogP contribution in [0.5, 0.6) is 0 Å². The first kappa shape index (κ1) is 33.1. The van der Waals surface area contributed by atoms with Crippen LogP contribution < -0.4 is 0 Å². The van der Waals surface area contributed by atoms with E-state index in [0.717, 1.165) is 12.8 Å². The molecule has 0 heterocycles. The van der Waals surface area contributed by atoms with Crippen molar-refractivity contribution < 1.29 is 9.59 Å². The van der Waals surface area contributed by atoms with Crippen molar-refractivity contribution in [3.8, 4) is 0 Å². The van der Waals surface area contributed by atoms with E-state index in [1.165, 1.54) is 160 Å². The molecule has 0 saturated heterocycles. The molecule has 0 aromatic rings. The number of hydrogen-bond donors (Lipinski definition) is 0. The van der Waals surface area contributed by atoms with Gasteiger partial charge in [-0.05, 0) is 49.4 Å². The molecule has 0 aromatic heterocycles. The molecule has 4 unspecified atom stereocenters. The molecule has 226 valence electrons. The van der Waals surface area contributed by atoms with Crippen molar-refractivity contribution in [2.75, 3.05) is 0 Å². The molecule has 3 aliphatic carbocycles. The third-order valence-corrected chi connectivity index (χ3v) is 11.8. The highest BCUT2D eigenvalue weighted by Crippen LogP contribution is 2.51. The van der Waals surface area contributed by atoms with E-state index in [1.807, 2.05) is 0 Å². The minimum Gasteiger partial charge on any atom is -0.301 e. The Kier molecular flexibility index (Phi) is 16.1. The molecule has 3 rings (SSSR count). The van der Waals surface area contributed by atoms with E-state index in [-0.39, 0.29) is 17.6 Å². The minimum absolute atomic E-state index is 0.00615. The molecule has 4 atom stereocenters. The standard InChI is InChI=1S/C36H63ClO2/c1-30(39)28-35-33(31-22-16-11-7-3-2-4-8-12-17-23-31)26-20-15-21-27-34(36(35,37)29-38)32-24-18-13-9-5-6-10-14-19-25-32/h29,31-35H,2-28H2,1H3. The SMILES string of the molecule is CC(=O)CC1C(C2CCCCCCCCCCC2)CCCCCC(C2CCCCCCCCCC2)C1(Cl)C=O. The van der Waals surface area contributed by atoms with Crippen LogP contribution in [0, 0.1) is 29.6 Å². The average Bonchev–Trinajstić information content (AvgIpc) is 2.94. The first-order valence-corrected chi connectivity index (χ1v) is 18.1. The fourth-order valence-corrected chi connectivity index (χ4v) is 9.47. The largest absolute Gasteiger partial charge is 0.301 e. The average molecular weight is 563 g/mol. The predicted molar refractivity (Wildman–Crippen MR) is 167 cm³/mol. The van der Waals surface area contributed by atoms with Gasteiger partial charge in [0.05, 0.1) is 0 Å². The summed E-state index contributed by atoms with van der Waals surface area (Å²) in [5, 5.41) is 0. The van der Waals surface area contributed by atoms with Gasteiger partial charge < -0.3 is 9.59 Å². The lowest BCUT2D eigenvalue weighted by Crippen LogP contribution is -2.49. The quantitative estimate of drug-likeness (QED) is 0.246. The molecule has 3 fully saturated rings. The first-order chi connectivity index (χ1) is 19.1. The van der Waals surface area contributed by atoms with E-state index in [0.29, 0.717) is 24.2 Å². The van der Waals surface area contributed by atoms with E-state index >= 15 is 0 Å². The van der Waals surface area contributed by atoms with Gasteiger partial charge >= 0.3 is 0 Å². The molecule has 2 nitrogen and oxygen atoms in total. The summed E-state index contributed by atoms with van der Waals surface area (Å²) in [5.74, 6) is 1.98. The molecular formula is C36H63ClO2. The topological polar surface area (TPSA) is 34.1 Å². The molecule has 0 N–H and O–H groups in total. The Balaban J connectivity index is 1.91. The van der Waals surface area contributed by atoms with Crippen molar-refractivity contribution in [3.05, 3.63) is 0 Å². The second kappa shape index (κ2) is 18.9. The van der Waals surface area contributed by atoms with Gasteiger partial charge in [0.1, 0.15) is 16.9 Å². The van der Waals surface area contributed by atoms with Crippen molar-refractivity contribution in [2.24, 2.45) is 29.6 Å². The number of rotatable bonds is 5. The summed E-state index contributed by atoms with van der Waals surface area (Å²) in [7, 11) is 0. The van der Waals surface area contributed by atoms with Crippen molar-refractivity contribution in [2.45, 2.75) is 185 Å². The second-order valence-electron chi connectivity index (χ2n) is 14.1. The molecule has 39 heavy (non-hydrogen) atoms. The monoisotopic (exact) mass is 562 g/mol. The number of hydrogen-bond acceptors (Lipinski definition) is 2. The number of Topliss-reactive ketones (excluding diaryl/α,β-unsaturated/α-hetero) is 1. The van der Waals surface area contributed by atoms with E-state index < -0.39 is 4.87 Å². The van der Waals surface area contributed by atoms with Crippen LogP contribution in [-0.2, 0) is 9.59 Å². The summed E-state index contributed by atoms with van der Waals surface area (Å²) < 4.78 is 0. The van der Waals surface area contributed by atoms with E-state index in [9.17, 15) is 9.59 Å². The van der Waals surface area contributed by atoms with E-state index in [4.69, 9.17) is 11.6 Å². The molecule has 3 heteroatoms. The molecule has 0 aromatic carbocycles. The Labute approximate surface area is 247 Å². The molecule has 0 spiro atoms. The van der Waals surface area contributed by atoms with Crippen molar-refractivity contribution >= 4 is 23.7 Å². The molecule has 3 saturated carbocycles. The van der Waals surface area contributed by atoms with Crippen molar-refractivity contribution in [1.29, 1.82) is 0 Å². The molecule has 3 aliphatic rings. The van der Waals surface area contributed by atoms with Gasteiger partial charge in [0, 0.05) is 6.42 Å². The Morgan fingerprint density at radius 2 is 0.949 bits per heavy atom. The number of carbonyl (C=O) groups is 2. The predicted octanol–water partition coefficient (Wildman–Crippen LogP) is 11.4. The number of carbonyl (C=O) groups excluding carboxylic acids is 2. The second-order valence-corrected chi connectivity index (χ2v) is 14.7. The van der Waals surface area contributed by atoms with Crippen LogP contribution in [-0.4, -0.2) is 16.9 Å². The Morgan fingerprint density at radius 1 is 0.590 bits per heavy atom. The zero-order valence-corrected chi connectivity index (χ0v) is 26.5. The number of halogens is 1. The maximum Gasteiger partial charge on any atom is 0.141 e. The summed E-state index contributed by atoms with van der Waals surface area (Å²) in [4.78, 5) is 25.3. The van der Waals surface area contributed by atoms with Crippen LogP contribution in [0.3, 0.4) is 0 Å². The first-order valence-electron chi connectivity index (χ1n) is 17.7. The van der Waals surface area contributed by atoms with E-state index in [2.05, 4.69) is 0 Å². The summed E-state index contributed by atoms with van der Waals surface area (Å²) >= 11 is 7.79. The highest BCUT2D eigenvalue weighted by molar-refractivity contribution is 6.32. The highest BCUT2D eigenvalue weighted by atomic mass is 35.5. The normalized spacial score (nSPS) is 33.2. The van der Waals surface area contributed by atoms with Crippen LogP contribution in [0.15, 0.2) is 0 Å². The van der Waals surface area contributed by atoms with E-state index in [1.54, 1.807) is 6.92 Å². The molecule has 0 bridgehead atoms. The molecule has 0 radical (unpaired) electrons. The van der Waals surface area contributed by atoms with Crippen LogP contribution in [0.25, 0.3) is 0 Å². The fraction of sp³-hybridized carbons (Fsp3) is 0.944. The Bertz CT molecular complexity index is 653. The van der Waals surface area contributed by atoms with Crippen LogP contribution in [0.1, 0.15) is 180 Å². The van der Waals surface area contributed by atoms with Gasteiger partial charge in [-0.25, -0.2) is 0 Å². The van der Waals surface area contributed by atoms with Gasteiger partial charge in [-0.3, -0.25) is 0 Å². The van der Waals surface area contributed by atoms with Crippen LogP contribution >= 0.6 is 11.6 Å². The van der Waals surface area contributed by atoms with Crippen molar-refractivity contribution in [1.82, 2.24) is 0 Å². The zero-order chi connectivity index (χ0) is 27.8. The molecule has 0 aliphatic heterocycles. The summed E-state index contributed by atoms with van der Waals surface area (Å²) in [5.41, 5.74) is 0. The van der Waals surface area contributed by atoms with Gasteiger partial charge in [0.15, 0.2) is 0 Å². The van der Waals surface area contributed by atoms with Gasteiger partial charge in [0.25, 0.3) is 0 Å². The van der Waals surface area contributed by atoms with Crippen LogP contribution in [0.2, 0.25) is 0 Å². The fourth-order valence-electron chi connectivity index (χ4n) is 8.94. The maximum absolute atomic E-state index is 13.3. The zero-order valence-electron chi connectivity index (χ0n) is 25.8. The Hall–Kier alpha value is -0.370.